The number of aryl methyl sites for hydroxylation is 2. The molecule has 0 fully saturated rings. The van der Waals surface area contributed by atoms with E-state index in [2.05, 4.69) is 11.9 Å². The quantitative estimate of drug-likeness (QED) is 0.359. The number of unbranched alkanes of at least 4 members (excludes halogenated alkanes) is 1. The highest BCUT2D eigenvalue weighted by atomic mass is 32.2. The van der Waals surface area contributed by atoms with Crippen LogP contribution in [0.1, 0.15) is 42.5 Å². The van der Waals surface area contributed by atoms with Gasteiger partial charge in [0.25, 0.3) is 11.1 Å². The van der Waals surface area contributed by atoms with Crippen LogP contribution in [0.5, 0.6) is 0 Å². The molecule has 5 rings (SSSR count). The van der Waals surface area contributed by atoms with Crippen LogP contribution in [0.4, 0.5) is 0 Å². The van der Waals surface area contributed by atoms with E-state index >= 15 is 0 Å². The van der Waals surface area contributed by atoms with Crippen LogP contribution in [0.25, 0.3) is 21.1 Å². The van der Waals surface area contributed by atoms with Crippen LogP contribution < -0.4 is 11.1 Å². The van der Waals surface area contributed by atoms with Crippen LogP contribution in [-0.4, -0.2) is 19.5 Å². The van der Waals surface area contributed by atoms with E-state index in [0.29, 0.717) is 34.2 Å². The summed E-state index contributed by atoms with van der Waals surface area (Å²) in [5.41, 5.74) is 1.82. The van der Waals surface area contributed by atoms with Gasteiger partial charge >= 0.3 is 0 Å². The van der Waals surface area contributed by atoms with Gasteiger partial charge in [-0.05, 0) is 43.4 Å². The lowest BCUT2D eigenvalue weighted by Crippen LogP contribution is -2.23. The number of rotatable bonds is 6. The van der Waals surface area contributed by atoms with Crippen molar-refractivity contribution < 1.29 is 0 Å². The third-order valence-corrected chi connectivity index (χ3v) is 7.70. The fourth-order valence-electron chi connectivity index (χ4n) is 4.02. The minimum Gasteiger partial charge on any atom is -0.309 e. The van der Waals surface area contributed by atoms with Crippen LogP contribution in [-0.2, 0) is 25.1 Å². The Balaban J connectivity index is 1.50. The normalized spacial score (nSPS) is 13.4. The Morgan fingerprint density at radius 1 is 1.20 bits per heavy atom. The van der Waals surface area contributed by atoms with E-state index in [1.807, 2.05) is 24.3 Å². The average Bonchev–Trinajstić information content (AvgIpc) is 3.32. The van der Waals surface area contributed by atoms with E-state index in [0.717, 1.165) is 42.3 Å². The molecule has 0 aliphatic heterocycles. The number of thioether (sulfide) groups is 1. The molecule has 1 aliphatic rings. The maximum Gasteiger partial charge on any atom is 0.262 e. The zero-order valence-corrected chi connectivity index (χ0v) is 18.4. The minimum atomic E-state index is -0.0511. The molecule has 1 aliphatic carbocycles. The van der Waals surface area contributed by atoms with Gasteiger partial charge in [0.05, 0.1) is 22.0 Å². The van der Waals surface area contributed by atoms with Crippen LogP contribution in [0.15, 0.2) is 39.0 Å². The number of aromatic amines is 1. The minimum absolute atomic E-state index is 0.0110. The molecular weight excluding hydrogens is 416 g/mol. The molecule has 1 aromatic carbocycles. The molecule has 1 N–H and O–H groups in total. The standard InChI is InChI=1S/C22H22N4O2S2/c1-2-3-11-26-21(28)13-7-4-5-9-15(13)23-22(26)29-12-17-24-19(27)18-14-8-6-10-16(14)30-20(18)25-17/h4-5,7,9H,2-3,6,8,10-12H2,1H3,(H,24,25,27). The second-order valence-corrected chi connectivity index (χ2v) is 9.59. The number of hydrogen-bond donors (Lipinski definition) is 1. The molecule has 3 heterocycles. The lowest BCUT2D eigenvalue weighted by atomic mass is 10.2. The van der Waals surface area contributed by atoms with Gasteiger partial charge in [-0.25, -0.2) is 9.97 Å². The lowest BCUT2D eigenvalue weighted by Gasteiger charge is -2.12. The zero-order chi connectivity index (χ0) is 20.7. The first-order valence-electron chi connectivity index (χ1n) is 10.3. The molecular formula is C22H22N4O2S2. The van der Waals surface area contributed by atoms with Crippen molar-refractivity contribution in [1.29, 1.82) is 0 Å². The summed E-state index contributed by atoms with van der Waals surface area (Å²) in [6, 6.07) is 7.45. The third kappa shape index (κ3) is 3.37. The maximum absolute atomic E-state index is 13.0. The number of benzene rings is 1. The summed E-state index contributed by atoms with van der Waals surface area (Å²) in [5, 5.41) is 2.08. The van der Waals surface area contributed by atoms with Gasteiger partial charge in [-0.1, -0.05) is 37.2 Å². The number of aromatic nitrogens is 4. The monoisotopic (exact) mass is 438 g/mol. The molecule has 0 bridgehead atoms. The van der Waals surface area contributed by atoms with Crippen molar-refractivity contribution in [2.24, 2.45) is 0 Å². The molecule has 0 spiro atoms. The predicted octanol–water partition coefficient (Wildman–Crippen LogP) is 4.28. The molecule has 4 aromatic rings. The number of para-hydroxylation sites is 1. The molecule has 0 saturated heterocycles. The topological polar surface area (TPSA) is 80.6 Å². The SMILES string of the molecule is CCCCn1c(SCc2nc3sc4c(c3c(=O)[nH]2)CCC4)nc2ccccc2c1=O. The van der Waals surface area contributed by atoms with Gasteiger partial charge in [0.15, 0.2) is 5.16 Å². The van der Waals surface area contributed by atoms with E-state index in [1.165, 1.54) is 22.2 Å². The Kier molecular flexibility index (Phi) is 5.20. The summed E-state index contributed by atoms with van der Waals surface area (Å²) in [7, 11) is 0. The Morgan fingerprint density at radius 3 is 2.93 bits per heavy atom. The van der Waals surface area contributed by atoms with Gasteiger partial charge in [0, 0.05) is 11.4 Å². The zero-order valence-electron chi connectivity index (χ0n) is 16.7. The number of H-pyrrole nitrogens is 1. The highest BCUT2D eigenvalue weighted by Gasteiger charge is 2.21. The van der Waals surface area contributed by atoms with Gasteiger partial charge in [0.2, 0.25) is 0 Å². The van der Waals surface area contributed by atoms with Crippen LogP contribution in [0.2, 0.25) is 0 Å². The molecule has 0 unspecified atom stereocenters. The van der Waals surface area contributed by atoms with Gasteiger partial charge in [-0.15, -0.1) is 11.3 Å². The highest BCUT2D eigenvalue weighted by molar-refractivity contribution is 7.98. The van der Waals surface area contributed by atoms with Crippen molar-refractivity contribution in [3.8, 4) is 0 Å². The van der Waals surface area contributed by atoms with E-state index < -0.39 is 0 Å². The first-order valence-corrected chi connectivity index (χ1v) is 12.1. The van der Waals surface area contributed by atoms with Crippen molar-refractivity contribution in [3.63, 3.8) is 0 Å². The van der Waals surface area contributed by atoms with Crippen molar-refractivity contribution in [2.75, 3.05) is 0 Å². The molecule has 3 aromatic heterocycles. The number of nitrogens with one attached hydrogen (secondary N) is 1. The first-order chi connectivity index (χ1) is 14.7. The number of thiophene rings is 1. The van der Waals surface area contributed by atoms with Gasteiger partial charge in [-0.3, -0.25) is 14.2 Å². The molecule has 6 nitrogen and oxygen atoms in total. The molecule has 0 amide bonds. The molecule has 0 atom stereocenters. The van der Waals surface area contributed by atoms with Crippen LogP contribution >= 0.6 is 23.1 Å². The number of hydrogen-bond acceptors (Lipinski definition) is 6. The fraction of sp³-hybridized carbons (Fsp3) is 0.364. The summed E-state index contributed by atoms with van der Waals surface area (Å²) in [4.78, 5) is 40.3. The Bertz CT molecular complexity index is 1370. The lowest BCUT2D eigenvalue weighted by molar-refractivity contribution is 0.557. The predicted molar refractivity (Wildman–Crippen MR) is 123 cm³/mol. The summed E-state index contributed by atoms with van der Waals surface area (Å²) < 4.78 is 1.76. The Morgan fingerprint density at radius 2 is 2.07 bits per heavy atom. The van der Waals surface area contributed by atoms with Crippen LogP contribution in [0.3, 0.4) is 0 Å². The molecule has 8 heteroatoms. The van der Waals surface area contributed by atoms with E-state index in [4.69, 9.17) is 9.97 Å². The Hall–Kier alpha value is -2.45. The maximum atomic E-state index is 13.0. The van der Waals surface area contributed by atoms with Crippen molar-refractivity contribution in [2.45, 2.75) is 56.5 Å². The second kappa shape index (κ2) is 8.00. The molecule has 0 saturated carbocycles. The molecule has 30 heavy (non-hydrogen) atoms. The first kappa shape index (κ1) is 19.5. The Labute approximate surface area is 181 Å². The van der Waals surface area contributed by atoms with Crippen molar-refractivity contribution in [1.82, 2.24) is 19.5 Å². The van der Waals surface area contributed by atoms with Crippen molar-refractivity contribution in [3.05, 3.63) is 61.2 Å². The molecule has 154 valence electrons. The summed E-state index contributed by atoms with van der Waals surface area (Å²) in [6.45, 7) is 2.74. The fourth-order valence-corrected chi connectivity index (χ4v) is 6.20. The summed E-state index contributed by atoms with van der Waals surface area (Å²) in [5.74, 6) is 1.09. The van der Waals surface area contributed by atoms with Gasteiger partial charge in [-0.2, -0.15) is 0 Å². The average molecular weight is 439 g/mol. The summed E-state index contributed by atoms with van der Waals surface area (Å²) in [6.07, 6.45) is 5.05. The third-order valence-electron chi connectivity index (χ3n) is 5.52. The van der Waals surface area contributed by atoms with Gasteiger partial charge < -0.3 is 4.98 Å². The number of nitrogens with zero attached hydrogens (tertiary/aromatic N) is 3. The van der Waals surface area contributed by atoms with E-state index in [9.17, 15) is 9.59 Å². The van der Waals surface area contributed by atoms with E-state index in [1.54, 1.807) is 15.9 Å². The second-order valence-electron chi connectivity index (χ2n) is 7.56. The van der Waals surface area contributed by atoms with Crippen molar-refractivity contribution >= 4 is 44.2 Å². The van der Waals surface area contributed by atoms with Crippen LogP contribution in [0, 0.1) is 0 Å². The largest absolute Gasteiger partial charge is 0.309 e. The van der Waals surface area contributed by atoms with Gasteiger partial charge in [0.1, 0.15) is 10.7 Å². The molecule has 0 radical (unpaired) electrons. The number of fused-ring (bicyclic) bond motifs is 4. The highest BCUT2D eigenvalue weighted by Crippen LogP contribution is 2.34. The summed E-state index contributed by atoms with van der Waals surface area (Å²) >= 11 is 3.10. The smallest absolute Gasteiger partial charge is 0.262 e. The van der Waals surface area contributed by atoms with E-state index in [-0.39, 0.29) is 11.1 Å².